The van der Waals surface area contributed by atoms with Crippen molar-refractivity contribution in [3.05, 3.63) is 35.5 Å². The Morgan fingerprint density at radius 1 is 1.37 bits per heavy atom. The molecule has 6 heteroatoms. The van der Waals surface area contributed by atoms with Crippen LogP contribution in [-0.4, -0.2) is 22.8 Å². The van der Waals surface area contributed by atoms with Gasteiger partial charge in [0.2, 0.25) is 0 Å². The number of carbonyl (C=O) groups is 1. The van der Waals surface area contributed by atoms with E-state index in [0.717, 1.165) is 22.0 Å². The van der Waals surface area contributed by atoms with Crippen LogP contribution in [0.4, 0.5) is 4.39 Å². The van der Waals surface area contributed by atoms with Crippen LogP contribution in [0.25, 0.3) is 11.3 Å². The van der Waals surface area contributed by atoms with Crippen molar-refractivity contribution in [3.63, 3.8) is 0 Å². The average Bonchev–Trinajstić information content (AvgIpc) is 3.01. The molecule has 0 unspecified atom stereocenters. The lowest BCUT2D eigenvalue weighted by atomic mass is 10.2. The lowest BCUT2D eigenvalue weighted by Gasteiger charge is -2.00. The van der Waals surface area contributed by atoms with Gasteiger partial charge in [-0.05, 0) is 24.3 Å². The third-order valence-corrected chi connectivity index (χ3v) is 4.97. The van der Waals surface area contributed by atoms with Crippen molar-refractivity contribution in [2.45, 2.75) is 16.0 Å². The van der Waals surface area contributed by atoms with Gasteiger partial charge in [-0.1, -0.05) is 11.8 Å². The Bertz CT molecular complexity index is 597. The van der Waals surface area contributed by atoms with Gasteiger partial charge >= 0.3 is 5.97 Å². The van der Waals surface area contributed by atoms with Gasteiger partial charge in [-0.2, -0.15) is 0 Å². The maximum Gasteiger partial charge on any atom is 0.319 e. The van der Waals surface area contributed by atoms with Crippen LogP contribution < -0.4 is 0 Å². The van der Waals surface area contributed by atoms with E-state index in [1.165, 1.54) is 35.2 Å². The smallest absolute Gasteiger partial charge is 0.319 e. The first-order chi connectivity index (χ1) is 9.22. The molecule has 1 aliphatic rings. The SMILES string of the molecule is O=C1OCC[C@H]1Sc1nc(-c2ccc(F)cc2)cs1. The molecule has 98 valence electrons. The molecule has 0 aliphatic carbocycles. The molecule has 0 bridgehead atoms. The van der Waals surface area contributed by atoms with Crippen LogP contribution in [0.3, 0.4) is 0 Å². The highest BCUT2D eigenvalue weighted by molar-refractivity contribution is 8.02. The monoisotopic (exact) mass is 295 g/mol. The summed E-state index contributed by atoms with van der Waals surface area (Å²) >= 11 is 2.92. The van der Waals surface area contributed by atoms with Gasteiger partial charge in [0, 0.05) is 17.4 Å². The first kappa shape index (κ1) is 12.6. The molecule has 0 amide bonds. The summed E-state index contributed by atoms with van der Waals surface area (Å²) in [5.74, 6) is -0.425. The number of thioether (sulfide) groups is 1. The molecule has 0 radical (unpaired) electrons. The Balaban J connectivity index is 1.75. The summed E-state index contributed by atoms with van der Waals surface area (Å²) in [7, 11) is 0. The van der Waals surface area contributed by atoms with Crippen molar-refractivity contribution in [2.75, 3.05) is 6.61 Å². The zero-order chi connectivity index (χ0) is 13.2. The standard InChI is InChI=1S/C13H10FNO2S2/c14-9-3-1-8(2-4-9)10-7-18-13(15-10)19-11-5-6-17-12(11)16/h1-4,7,11H,5-6H2/t11-/m1/s1. The second-order valence-corrected chi connectivity index (χ2v) is 6.38. The number of carbonyl (C=O) groups excluding carboxylic acids is 1. The van der Waals surface area contributed by atoms with E-state index >= 15 is 0 Å². The van der Waals surface area contributed by atoms with Gasteiger partial charge in [0.25, 0.3) is 0 Å². The quantitative estimate of drug-likeness (QED) is 0.814. The normalized spacial score (nSPS) is 18.6. The molecule has 1 fully saturated rings. The number of rotatable bonds is 3. The number of cyclic esters (lactones) is 1. The number of hydrogen-bond acceptors (Lipinski definition) is 5. The van der Waals surface area contributed by atoms with E-state index in [4.69, 9.17) is 4.74 Å². The molecule has 1 aliphatic heterocycles. The molecule has 3 rings (SSSR count). The van der Waals surface area contributed by atoms with Gasteiger partial charge in [0.1, 0.15) is 11.1 Å². The lowest BCUT2D eigenvalue weighted by molar-refractivity contribution is -0.137. The van der Waals surface area contributed by atoms with E-state index in [-0.39, 0.29) is 17.0 Å². The van der Waals surface area contributed by atoms with Crippen LogP contribution in [0.15, 0.2) is 34.0 Å². The molecule has 1 atom stereocenters. The average molecular weight is 295 g/mol. The van der Waals surface area contributed by atoms with Gasteiger partial charge < -0.3 is 4.74 Å². The number of esters is 1. The van der Waals surface area contributed by atoms with Crippen molar-refractivity contribution in [1.29, 1.82) is 0 Å². The van der Waals surface area contributed by atoms with Crippen molar-refractivity contribution in [3.8, 4) is 11.3 Å². The van der Waals surface area contributed by atoms with Crippen LogP contribution in [0.1, 0.15) is 6.42 Å². The molecular weight excluding hydrogens is 285 g/mol. The highest BCUT2D eigenvalue weighted by Gasteiger charge is 2.28. The third-order valence-electron chi connectivity index (χ3n) is 2.75. The Morgan fingerprint density at radius 3 is 2.84 bits per heavy atom. The van der Waals surface area contributed by atoms with E-state index in [1.54, 1.807) is 12.1 Å². The fraction of sp³-hybridized carbons (Fsp3) is 0.231. The number of nitrogens with zero attached hydrogens (tertiary/aromatic N) is 1. The fourth-order valence-electron chi connectivity index (χ4n) is 1.77. The maximum atomic E-state index is 12.8. The van der Waals surface area contributed by atoms with E-state index in [9.17, 15) is 9.18 Å². The molecule has 1 saturated heterocycles. The summed E-state index contributed by atoms with van der Waals surface area (Å²) in [4.78, 5) is 15.8. The highest BCUT2D eigenvalue weighted by Crippen LogP contribution is 2.34. The van der Waals surface area contributed by atoms with Gasteiger partial charge in [-0.15, -0.1) is 11.3 Å². The highest BCUT2D eigenvalue weighted by atomic mass is 32.2. The number of hydrogen-bond donors (Lipinski definition) is 0. The van der Waals surface area contributed by atoms with Crippen LogP contribution in [-0.2, 0) is 9.53 Å². The van der Waals surface area contributed by atoms with Crippen LogP contribution >= 0.6 is 23.1 Å². The summed E-state index contributed by atoms with van der Waals surface area (Å²) in [6.45, 7) is 0.493. The van der Waals surface area contributed by atoms with Gasteiger partial charge in [0.05, 0.1) is 12.3 Å². The van der Waals surface area contributed by atoms with Crippen molar-refractivity contribution in [1.82, 2.24) is 4.98 Å². The number of ether oxygens (including phenoxy) is 1. The predicted molar refractivity (Wildman–Crippen MR) is 72.7 cm³/mol. The first-order valence-corrected chi connectivity index (χ1v) is 7.53. The minimum Gasteiger partial charge on any atom is -0.465 e. The Labute approximate surface area is 117 Å². The summed E-state index contributed by atoms with van der Waals surface area (Å²) in [6.07, 6.45) is 0.731. The Kier molecular flexibility index (Phi) is 3.52. The fourth-order valence-corrected chi connectivity index (χ4v) is 3.81. The molecule has 19 heavy (non-hydrogen) atoms. The van der Waals surface area contributed by atoms with Crippen molar-refractivity contribution >= 4 is 29.1 Å². The second-order valence-electron chi connectivity index (χ2n) is 4.07. The zero-order valence-electron chi connectivity index (χ0n) is 9.84. The topological polar surface area (TPSA) is 39.2 Å². The van der Waals surface area contributed by atoms with Crippen molar-refractivity contribution in [2.24, 2.45) is 0 Å². The molecule has 3 nitrogen and oxygen atoms in total. The number of thiazole rings is 1. The summed E-state index contributed by atoms with van der Waals surface area (Å²) in [5.41, 5.74) is 1.68. The number of aromatic nitrogens is 1. The first-order valence-electron chi connectivity index (χ1n) is 5.77. The minimum absolute atomic E-state index is 0.146. The molecular formula is C13H10FNO2S2. The van der Waals surface area contributed by atoms with E-state index in [1.807, 2.05) is 5.38 Å². The molecule has 2 aromatic rings. The molecule has 0 spiro atoms. The summed E-state index contributed by atoms with van der Waals surface area (Å²) in [5, 5.41) is 1.77. The van der Waals surface area contributed by atoms with E-state index < -0.39 is 0 Å². The largest absolute Gasteiger partial charge is 0.465 e. The lowest BCUT2D eigenvalue weighted by Crippen LogP contribution is -2.08. The maximum absolute atomic E-state index is 12.8. The van der Waals surface area contributed by atoms with E-state index in [0.29, 0.717) is 6.61 Å². The Hall–Kier alpha value is -1.40. The summed E-state index contributed by atoms with van der Waals surface area (Å²) < 4.78 is 18.6. The van der Waals surface area contributed by atoms with Crippen LogP contribution in [0, 0.1) is 5.82 Å². The third kappa shape index (κ3) is 2.79. The molecule has 2 heterocycles. The van der Waals surface area contributed by atoms with Gasteiger partial charge in [0.15, 0.2) is 4.34 Å². The molecule has 1 aromatic heterocycles. The summed E-state index contributed by atoms with van der Waals surface area (Å²) in [6, 6.07) is 6.22. The van der Waals surface area contributed by atoms with Gasteiger partial charge in [-0.3, -0.25) is 4.79 Å². The second kappa shape index (κ2) is 5.30. The molecule has 0 N–H and O–H groups in total. The minimum atomic E-state index is -0.262. The predicted octanol–water partition coefficient (Wildman–Crippen LogP) is 3.36. The number of benzene rings is 1. The number of halogens is 1. The zero-order valence-corrected chi connectivity index (χ0v) is 11.5. The van der Waals surface area contributed by atoms with Crippen LogP contribution in [0.5, 0.6) is 0 Å². The molecule has 1 aromatic carbocycles. The Morgan fingerprint density at radius 2 is 2.16 bits per heavy atom. The van der Waals surface area contributed by atoms with E-state index in [2.05, 4.69) is 4.98 Å². The van der Waals surface area contributed by atoms with Crippen molar-refractivity contribution < 1.29 is 13.9 Å². The van der Waals surface area contributed by atoms with Crippen LogP contribution in [0.2, 0.25) is 0 Å². The van der Waals surface area contributed by atoms with Gasteiger partial charge in [-0.25, -0.2) is 9.37 Å². The molecule has 0 saturated carbocycles.